The molecule has 3 aliphatic rings. The first kappa shape index (κ1) is 38.9. The van der Waals surface area contributed by atoms with Crippen molar-refractivity contribution in [3.63, 3.8) is 0 Å². The maximum Gasteiger partial charge on any atom is 0.258 e. The number of imide groups is 1. The second kappa shape index (κ2) is 16.5. The number of thiophene rings is 1. The fourth-order valence-corrected chi connectivity index (χ4v) is 8.95. The van der Waals surface area contributed by atoms with Gasteiger partial charge in [0.1, 0.15) is 35.3 Å². The summed E-state index contributed by atoms with van der Waals surface area (Å²) in [6.45, 7) is 7.47. The van der Waals surface area contributed by atoms with Gasteiger partial charge in [0, 0.05) is 61.0 Å². The summed E-state index contributed by atoms with van der Waals surface area (Å²) in [4.78, 5) is 59.3. The van der Waals surface area contributed by atoms with Gasteiger partial charge in [-0.15, -0.1) is 21.5 Å². The maximum atomic E-state index is 13.7. The molecule has 2 fully saturated rings. The van der Waals surface area contributed by atoms with Crippen molar-refractivity contribution in [3.05, 3.63) is 110 Å². The first-order valence-corrected chi connectivity index (χ1v) is 20.2. The Bertz CT molecular complexity index is 2520. The highest BCUT2D eigenvalue weighted by Gasteiger charge is 2.35. The van der Waals surface area contributed by atoms with E-state index in [4.69, 9.17) is 21.3 Å². The molecule has 0 saturated carbocycles. The van der Waals surface area contributed by atoms with Crippen molar-refractivity contribution in [2.75, 3.05) is 26.7 Å². The van der Waals surface area contributed by atoms with E-state index in [1.807, 2.05) is 42.1 Å². The van der Waals surface area contributed by atoms with Crippen molar-refractivity contribution in [1.82, 2.24) is 39.7 Å². The van der Waals surface area contributed by atoms with Gasteiger partial charge >= 0.3 is 0 Å². The van der Waals surface area contributed by atoms with Crippen molar-refractivity contribution in [1.29, 1.82) is 0 Å². The summed E-state index contributed by atoms with van der Waals surface area (Å²) >= 11 is 7.82. The normalized spacial score (nSPS) is 17.0. The molecule has 5 aromatic rings. The largest absolute Gasteiger partial charge is 0.489 e. The fourth-order valence-electron chi connectivity index (χ4n) is 7.60. The highest BCUT2D eigenvalue weighted by molar-refractivity contribution is 7.15. The van der Waals surface area contributed by atoms with Gasteiger partial charge in [0.15, 0.2) is 12.1 Å². The number of halogens is 1. The van der Waals surface area contributed by atoms with Crippen molar-refractivity contribution in [2.45, 2.75) is 64.8 Å². The Morgan fingerprint density at radius 3 is 2.62 bits per heavy atom. The van der Waals surface area contributed by atoms with Crippen LogP contribution in [0.1, 0.15) is 85.2 Å². The third kappa shape index (κ3) is 7.83. The Hall–Kier alpha value is -5.95. The number of aldehydes is 1. The first-order chi connectivity index (χ1) is 28.1. The number of amides is 3. The predicted molar refractivity (Wildman–Crippen MR) is 218 cm³/mol. The number of piperidine rings is 2. The van der Waals surface area contributed by atoms with E-state index in [9.17, 15) is 19.2 Å². The Labute approximate surface area is 343 Å². The lowest BCUT2D eigenvalue weighted by Crippen LogP contribution is -2.53. The Balaban J connectivity index is 0.898. The number of aromatic nitrogens is 5. The molecule has 2 aromatic carbocycles. The van der Waals surface area contributed by atoms with Gasteiger partial charge in [0.05, 0.1) is 34.5 Å². The molecule has 3 aromatic heterocycles. The molecule has 14 nitrogen and oxygen atoms in total. The van der Waals surface area contributed by atoms with E-state index in [1.165, 1.54) is 11.9 Å². The molecule has 16 heteroatoms. The van der Waals surface area contributed by atoms with Crippen LogP contribution in [0.2, 0.25) is 5.02 Å². The monoisotopic (exact) mass is 817 g/mol. The molecule has 6 heterocycles. The number of likely N-dealkylation sites (N-methyl/N-ethyl adjacent to an activating group) is 1. The highest BCUT2D eigenvalue weighted by Crippen LogP contribution is 2.37. The van der Waals surface area contributed by atoms with Crippen LogP contribution >= 0.6 is 22.9 Å². The van der Waals surface area contributed by atoms with E-state index < -0.39 is 17.9 Å². The van der Waals surface area contributed by atoms with Crippen LogP contribution < -0.4 is 10.1 Å². The van der Waals surface area contributed by atoms with Crippen LogP contribution in [0.25, 0.3) is 5.00 Å². The van der Waals surface area contributed by atoms with E-state index in [0.717, 1.165) is 82.0 Å². The van der Waals surface area contributed by atoms with Gasteiger partial charge < -0.3 is 14.5 Å². The van der Waals surface area contributed by atoms with Gasteiger partial charge in [-0.25, -0.2) is 0 Å². The first-order valence-electron chi connectivity index (χ1n) is 19.1. The summed E-state index contributed by atoms with van der Waals surface area (Å²) in [5, 5.41) is 17.3. The lowest BCUT2D eigenvalue weighted by molar-refractivity contribution is -0.136. The molecular weight excluding hydrogens is 778 g/mol. The topological polar surface area (TPSA) is 157 Å². The minimum Gasteiger partial charge on any atom is -0.489 e. The average Bonchev–Trinajstić information content (AvgIpc) is 3.90. The maximum absolute atomic E-state index is 13.7. The van der Waals surface area contributed by atoms with E-state index in [2.05, 4.69) is 48.8 Å². The molecule has 3 aliphatic heterocycles. The molecule has 0 radical (unpaired) electrons. The van der Waals surface area contributed by atoms with Crippen molar-refractivity contribution in [3.8, 4) is 22.6 Å². The summed E-state index contributed by atoms with van der Waals surface area (Å²) in [5.41, 5.74) is 5.02. The number of likely N-dealkylation sites (tertiary alicyclic amines) is 1. The molecular formula is C42H40ClN9O5S. The molecule has 58 heavy (non-hydrogen) atoms. The fraction of sp³-hybridized carbons (Fsp3) is 0.333. The number of aliphatic imine (C=N–C) groups is 1. The van der Waals surface area contributed by atoms with Crippen LogP contribution in [0.4, 0.5) is 0 Å². The molecule has 0 bridgehead atoms. The summed E-state index contributed by atoms with van der Waals surface area (Å²) in [5.74, 6) is 7.21. The third-order valence-electron chi connectivity index (χ3n) is 10.8. The lowest BCUT2D eigenvalue weighted by Gasteiger charge is -2.33. The third-order valence-corrected chi connectivity index (χ3v) is 12.2. The smallest absolute Gasteiger partial charge is 0.258 e. The molecule has 1 N–H and O–H groups in total. The van der Waals surface area contributed by atoms with E-state index in [1.54, 1.807) is 35.7 Å². The lowest BCUT2D eigenvalue weighted by atomic mass is 10.00. The predicted octanol–water partition coefficient (Wildman–Crippen LogP) is 4.78. The number of carbonyl (C=O) groups excluding carboxylic acids is 4. The Morgan fingerprint density at radius 2 is 1.86 bits per heavy atom. The highest BCUT2D eigenvalue weighted by atomic mass is 35.5. The number of fused-ring (bicyclic) bond motifs is 3. The van der Waals surface area contributed by atoms with Crippen LogP contribution in [0.5, 0.6) is 5.75 Å². The molecule has 0 spiro atoms. The van der Waals surface area contributed by atoms with Crippen LogP contribution in [0.15, 0.2) is 59.9 Å². The van der Waals surface area contributed by atoms with Crippen LogP contribution in [0, 0.1) is 25.7 Å². The van der Waals surface area contributed by atoms with Crippen LogP contribution in [0.3, 0.4) is 0 Å². The quantitative estimate of drug-likeness (QED) is 0.126. The van der Waals surface area contributed by atoms with Crippen molar-refractivity contribution < 1.29 is 23.9 Å². The van der Waals surface area contributed by atoms with Gasteiger partial charge in [0.25, 0.3) is 5.91 Å². The van der Waals surface area contributed by atoms with E-state index in [0.29, 0.717) is 30.1 Å². The molecule has 1 unspecified atom stereocenters. The van der Waals surface area contributed by atoms with Gasteiger partial charge in [-0.2, -0.15) is 5.10 Å². The minimum atomic E-state index is -0.821. The Morgan fingerprint density at radius 1 is 1.07 bits per heavy atom. The van der Waals surface area contributed by atoms with E-state index in [-0.39, 0.29) is 36.0 Å². The number of rotatable bonds is 9. The number of aryl methyl sites for hydroxylation is 1. The second-order valence-electron chi connectivity index (χ2n) is 14.5. The van der Waals surface area contributed by atoms with Crippen molar-refractivity contribution >= 4 is 52.7 Å². The number of hydrogen-bond acceptors (Lipinski definition) is 11. The van der Waals surface area contributed by atoms with Gasteiger partial charge in [-0.05, 0) is 56.9 Å². The molecule has 296 valence electrons. The number of hydrogen-bond donors (Lipinski definition) is 1. The summed E-state index contributed by atoms with van der Waals surface area (Å²) in [6, 6.07) is 11.8. The zero-order valence-electron chi connectivity index (χ0n) is 32.2. The SMILES string of the molecule is Cc1c(C#Cc2cnn(CCN3CCC(Oc4cccc(C=O)c4C(=O)N(C)C4CCC(=O)NC4=O)CC3)c2)sc2c1C(c1ccc(Cl)cc1)=NCc1nnc(C)n1-2. The van der Waals surface area contributed by atoms with Crippen molar-refractivity contribution in [2.24, 2.45) is 4.99 Å². The zero-order valence-corrected chi connectivity index (χ0v) is 33.8. The number of nitrogens with one attached hydrogen (secondary N) is 1. The summed E-state index contributed by atoms with van der Waals surface area (Å²) in [7, 11) is 1.50. The van der Waals surface area contributed by atoms with Gasteiger partial charge in [0.2, 0.25) is 11.8 Å². The minimum absolute atomic E-state index is 0.116. The molecule has 2 saturated heterocycles. The number of nitrogens with zero attached hydrogens (tertiary/aromatic N) is 8. The molecule has 1 atom stereocenters. The zero-order chi connectivity index (χ0) is 40.5. The Kier molecular flexibility index (Phi) is 11.1. The number of carbonyl (C=O) groups is 4. The molecule has 8 rings (SSSR count). The second-order valence-corrected chi connectivity index (χ2v) is 16.0. The van der Waals surface area contributed by atoms with Crippen LogP contribution in [-0.2, 0) is 22.7 Å². The van der Waals surface area contributed by atoms with E-state index >= 15 is 0 Å². The summed E-state index contributed by atoms with van der Waals surface area (Å²) in [6.07, 6.45) is 6.00. The van der Waals surface area contributed by atoms with Gasteiger partial charge in [-0.3, -0.25) is 38.7 Å². The molecule has 0 aliphatic carbocycles. The average molecular weight is 818 g/mol. The van der Waals surface area contributed by atoms with Crippen LogP contribution in [-0.4, -0.2) is 103 Å². The number of benzene rings is 2. The number of ether oxygens (including phenoxy) is 1. The summed E-state index contributed by atoms with van der Waals surface area (Å²) < 4.78 is 10.3. The molecule has 3 amide bonds. The van der Waals surface area contributed by atoms with Gasteiger partial charge in [-0.1, -0.05) is 47.7 Å². The standard InChI is InChI=1S/C42H40ClN9O5S/c1-25-34(58-42-37(25)39(28-8-10-30(43)11-9-28)44-22-35-48-47-26(2)52(35)42)13-7-27-21-45-51(23-27)20-19-50-17-15-31(16-18-50)57-33-6-4-5-29(24-53)38(33)41(56)49(3)32-12-14-36(54)46-40(32)55/h4-6,8-11,21,23-24,31-32H,12,14-20,22H2,1-3H3,(H,46,54,55).